The molecule has 0 spiro atoms. The van der Waals surface area contributed by atoms with Crippen molar-refractivity contribution in [2.24, 2.45) is 11.7 Å². The Morgan fingerprint density at radius 1 is 1.10 bits per heavy atom. The Bertz CT molecular complexity index is 459. The number of carbonyl (C=O) groups is 1. The molecule has 2 aliphatic rings. The topological polar surface area (TPSA) is 55.1 Å². The Morgan fingerprint density at radius 3 is 2.48 bits per heavy atom. The Balaban J connectivity index is 0.00000161. The Hall–Kier alpha value is -1.06. The third-order valence-corrected chi connectivity index (χ3v) is 4.84. The number of halogens is 1. The van der Waals surface area contributed by atoms with Crippen LogP contribution in [0.15, 0.2) is 30.3 Å². The van der Waals surface area contributed by atoms with Gasteiger partial charge in [-0.05, 0) is 43.6 Å². The van der Waals surface area contributed by atoms with Crippen LogP contribution in [0.5, 0.6) is 0 Å². The smallest absolute Gasteiger partial charge is 0.223 e. The van der Waals surface area contributed by atoms with E-state index in [9.17, 15) is 4.79 Å². The van der Waals surface area contributed by atoms with Crippen molar-refractivity contribution in [2.45, 2.75) is 56.5 Å². The van der Waals surface area contributed by atoms with E-state index in [0.29, 0.717) is 12.0 Å². The fraction of sp³-hybridized carbons (Fsp3) is 0.588. The number of nitrogens with one attached hydrogen (secondary N) is 1. The molecule has 0 bridgehead atoms. The Kier molecular flexibility index (Phi) is 5.65. The quantitative estimate of drug-likeness (QED) is 0.902. The lowest BCUT2D eigenvalue weighted by Gasteiger charge is -2.37. The highest BCUT2D eigenvalue weighted by molar-refractivity contribution is 5.85. The minimum atomic E-state index is 0. The van der Waals surface area contributed by atoms with Gasteiger partial charge in [-0.1, -0.05) is 36.8 Å². The maximum absolute atomic E-state index is 12.2. The molecule has 1 aromatic rings. The van der Waals surface area contributed by atoms with Gasteiger partial charge in [0.15, 0.2) is 0 Å². The Labute approximate surface area is 133 Å². The summed E-state index contributed by atoms with van der Waals surface area (Å²) >= 11 is 0. The molecule has 2 fully saturated rings. The highest BCUT2D eigenvalue weighted by Gasteiger charge is 2.33. The summed E-state index contributed by atoms with van der Waals surface area (Å²) in [5.41, 5.74) is 7.36. The van der Waals surface area contributed by atoms with Crippen LogP contribution >= 0.6 is 12.4 Å². The molecule has 0 saturated heterocycles. The molecule has 21 heavy (non-hydrogen) atoms. The second kappa shape index (κ2) is 7.28. The molecule has 116 valence electrons. The third kappa shape index (κ3) is 3.98. The van der Waals surface area contributed by atoms with Crippen molar-refractivity contribution in [3.8, 4) is 0 Å². The number of hydrogen-bond donors (Lipinski definition) is 2. The summed E-state index contributed by atoms with van der Waals surface area (Å²) in [6, 6.07) is 11.2. The van der Waals surface area contributed by atoms with Crippen LogP contribution in [0.4, 0.5) is 0 Å². The molecule has 0 heterocycles. The van der Waals surface area contributed by atoms with E-state index < -0.39 is 0 Å². The molecule has 0 radical (unpaired) electrons. The van der Waals surface area contributed by atoms with E-state index in [1.807, 2.05) is 6.07 Å². The first-order valence-electron chi connectivity index (χ1n) is 7.83. The average molecular weight is 309 g/mol. The fourth-order valence-electron chi connectivity index (χ4n) is 3.52. The van der Waals surface area contributed by atoms with E-state index in [4.69, 9.17) is 5.73 Å². The molecule has 1 aromatic carbocycles. The predicted molar refractivity (Wildman–Crippen MR) is 87.5 cm³/mol. The number of carbonyl (C=O) groups excluding carboxylic acids is 1. The standard InChI is InChI=1S/C17H24N2O.ClH/c18-15-8-4-7-13(9-15)17(20)19-16-10-14(11-16)12-5-2-1-3-6-12;/h1-3,5-6,13-16H,4,7-11,18H2,(H,19,20);1H. The van der Waals surface area contributed by atoms with Crippen molar-refractivity contribution in [3.63, 3.8) is 0 Å². The average Bonchev–Trinajstić information content (AvgIpc) is 2.43. The summed E-state index contributed by atoms with van der Waals surface area (Å²) in [7, 11) is 0. The maximum Gasteiger partial charge on any atom is 0.223 e. The monoisotopic (exact) mass is 308 g/mol. The van der Waals surface area contributed by atoms with Crippen molar-refractivity contribution >= 4 is 18.3 Å². The van der Waals surface area contributed by atoms with Gasteiger partial charge in [0.2, 0.25) is 5.91 Å². The van der Waals surface area contributed by atoms with Crippen LogP contribution in [0.2, 0.25) is 0 Å². The third-order valence-electron chi connectivity index (χ3n) is 4.84. The molecule has 4 heteroatoms. The van der Waals surface area contributed by atoms with Crippen LogP contribution in [0.25, 0.3) is 0 Å². The number of amides is 1. The van der Waals surface area contributed by atoms with Crippen LogP contribution < -0.4 is 11.1 Å². The number of hydrogen-bond acceptors (Lipinski definition) is 2. The highest BCUT2D eigenvalue weighted by Crippen LogP contribution is 2.37. The molecule has 3 N–H and O–H groups in total. The normalized spacial score (nSPS) is 31.7. The van der Waals surface area contributed by atoms with Gasteiger partial charge in [0.25, 0.3) is 0 Å². The Morgan fingerprint density at radius 2 is 1.81 bits per heavy atom. The summed E-state index contributed by atoms with van der Waals surface area (Å²) in [5, 5.41) is 3.21. The number of rotatable bonds is 3. The molecular weight excluding hydrogens is 284 g/mol. The molecule has 0 aromatic heterocycles. The number of nitrogens with two attached hydrogens (primary N) is 1. The zero-order valence-corrected chi connectivity index (χ0v) is 13.1. The lowest BCUT2D eigenvalue weighted by molar-refractivity contribution is -0.127. The lowest BCUT2D eigenvalue weighted by atomic mass is 9.75. The zero-order valence-electron chi connectivity index (χ0n) is 12.3. The van der Waals surface area contributed by atoms with E-state index in [2.05, 4.69) is 29.6 Å². The van der Waals surface area contributed by atoms with Crippen LogP contribution in [-0.4, -0.2) is 18.0 Å². The van der Waals surface area contributed by atoms with Gasteiger partial charge < -0.3 is 11.1 Å². The minimum Gasteiger partial charge on any atom is -0.353 e. The van der Waals surface area contributed by atoms with E-state index in [1.54, 1.807) is 0 Å². The first kappa shape index (κ1) is 16.3. The SMILES string of the molecule is Cl.NC1CCCC(C(=O)NC2CC(c3ccccc3)C2)C1. The van der Waals surface area contributed by atoms with Gasteiger partial charge in [0, 0.05) is 18.0 Å². The van der Waals surface area contributed by atoms with Crippen molar-refractivity contribution < 1.29 is 4.79 Å². The first-order chi connectivity index (χ1) is 9.72. The molecule has 2 unspecified atom stereocenters. The molecule has 2 saturated carbocycles. The summed E-state index contributed by atoms with van der Waals surface area (Å²) in [5.74, 6) is 1.00. The van der Waals surface area contributed by atoms with E-state index >= 15 is 0 Å². The van der Waals surface area contributed by atoms with E-state index in [-0.39, 0.29) is 30.3 Å². The van der Waals surface area contributed by atoms with E-state index in [1.165, 1.54) is 5.56 Å². The predicted octanol–water partition coefficient (Wildman–Crippen LogP) is 2.99. The van der Waals surface area contributed by atoms with Crippen molar-refractivity contribution in [2.75, 3.05) is 0 Å². The summed E-state index contributed by atoms with van der Waals surface area (Å²) in [4.78, 5) is 12.2. The molecule has 3 rings (SSSR count). The van der Waals surface area contributed by atoms with Gasteiger partial charge in [-0.15, -0.1) is 12.4 Å². The maximum atomic E-state index is 12.2. The van der Waals surface area contributed by atoms with Gasteiger partial charge >= 0.3 is 0 Å². The zero-order chi connectivity index (χ0) is 13.9. The molecule has 0 aliphatic heterocycles. The molecular formula is C17H25ClN2O. The molecule has 3 nitrogen and oxygen atoms in total. The lowest BCUT2D eigenvalue weighted by Crippen LogP contribution is -2.47. The van der Waals surface area contributed by atoms with Crippen LogP contribution in [0.3, 0.4) is 0 Å². The second-order valence-electron chi connectivity index (χ2n) is 6.41. The van der Waals surface area contributed by atoms with Gasteiger partial charge in [-0.2, -0.15) is 0 Å². The van der Waals surface area contributed by atoms with Gasteiger partial charge in [0.1, 0.15) is 0 Å². The van der Waals surface area contributed by atoms with Gasteiger partial charge in [-0.3, -0.25) is 4.79 Å². The molecule has 1 amide bonds. The number of benzene rings is 1. The highest BCUT2D eigenvalue weighted by atomic mass is 35.5. The van der Waals surface area contributed by atoms with Crippen LogP contribution in [0.1, 0.15) is 50.0 Å². The van der Waals surface area contributed by atoms with Crippen molar-refractivity contribution in [1.29, 1.82) is 0 Å². The second-order valence-corrected chi connectivity index (χ2v) is 6.41. The first-order valence-corrected chi connectivity index (χ1v) is 7.83. The summed E-state index contributed by atoms with van der Waals surface area (Å²) < 4.78 is 0. The van der Waals surface area contributed by atoms with Crippen molar-refractivity contribution in [3.05, 3.63) is 35.9 Å². The van der Waals surface area contributed by atoms with Crippen LogP contribution in [0, 0.1) is 5.92 Å². The van der Waals surface area contributed by atoms with Gasteiger partial charge in [0.05, 0.1) is 0 Å². The summed E-state index contributed by atoms with van der Waals surface area (Å²) in [6.07, 6.45) is 6.19. The summed E-state index contributed by atoms with van der Waals surface area (Å²) in [6.45, 7) is 0. The molecule has 2 aliphatic carbocycles. The van der Waals surface area contributed by atoms with Crippen molar-refractivity contribution in [1.82, 2.24) is 5.32 Å². The largest absolute Gasteiger partial charge is 0.353 e. The van der Waals surface area contributed by atoms with Crippen LogP contribution in [-0.2, 0) is 4.79 Å². The molecule has 2 atom stereocenters. The van der Waals surface area contributed by atoms with Gasteiger partial charge in [-0.25, -0.2) is 0 Å². The minimum absolute atomic E-state index is 0. The van der Waals surface area contributed by atoms with E-state index in [0.717, 1.165) is 38.5 Å². The fourth-order valence-corrected chi connectivity index (χ4v) is 3.52.